The predicted octanol–water partition coefficient (Wildman–Crippen LogP) is 3.08. The summed E-state index contributed by atoms with van der Waals surface area (Å²) in [4.78, 5) is 36.0. The molecule has 3 fully saturated rings. The van der Waals surface area contributed by atoms with Crippen molar-refractivity contribution in [3.05, 3.63) is 18.2 Å². The van der Waals surface area contributed by atoms with Gasteiger partial charge in [-0.15, -0.1) is 0 Å². The molecule has 0 atom stereocenters. The van der Waals surface area contributed by atoms with Crippen LogP contribution in [-0.4, -0.2) is 57.8 Å². The van der Waals surface area contributed by atoms with Crippen LogP contribution in [0.2, 0.25) is 0 Å². The molecule has 2 saturated heterocycles. The minimum atomic E-state index is 0.0192. The first-order valence-corrected chi connectivity index (χ1v) is 10.8. The maximum Gasteiger partial charge on any atom is 0.289 e. The van der Waals surface area contributed by atoms with Crippen LogP contribution >= 0.6 is 0 Å². The molecule has 0 aromatic carbocycles. The van der Waals surface area contributed by atoms with Crippen LogP contribution in [0.25, 0.3) is 0 Å². The molecule has 2 aliphatic heterocycles. The van der Waals surface area contributed by atoms with Crippen LogP contribution in [0.4, 0.5) is 0 Å². The summed E-state index contributed by atoms with van der Waals surface area (Å²) in [6.45, 7) is 3.51. The summed E-state index contributed by atoms with van der Waals surface area (Å²) >= 11 is 0. The zero-order valence-corrected chi connectivity index (χ0v) is 16.2. The van der Waals surface area contributed by atoms with Crippen LogP contribution in [-0.2, 0) is 4.79 Å². The first-order valence-electron chi connectivity index (χ1n) is 10.8. The minimum absolute atomic E-state index is 0.0192. The van der Waals surface area contributed by atoms with Crippen molar-refractivity contribution in [2.45, 2.75) is 57.8 Å². The maximum absolute atomic E-state index is 12.5. The van der Waals surface area contributed by atoms with E-state index < -0.39 is 0 Å². The van der Waals surface area contributed by atoms with Crippen LogP contribution in [0.5, 0.6) is 0 Å². The lowest BCUT2D eigenvalue weighted by Gasteiger charge is -2.40. The number of amides is 2. The highest BCUT2D eigenvalue weighted by molar-refractivity contribution is 5.90. The summed E-state index contributed by atoms with van der Waals surface area (Å²) in [5.41, 5.74) is 0. The maximum atomic E-state index is 12.5. The molecule has 1 aromatic heterocycles. The van der Waals surface area contributed by atoms with Gasteiger partial charge in [-0.05, 0) is 56.3 Å². The Morgan fingerprint density at radius 1 is 0.926 bits per heavy atom. The highest BCUT2D eigenvalue weighted by Crippen LogP contribution is 2.34. The van der Waals surface area contributed by atoms with E-state index in [1.807, 2.05) is 4.90 Å². The van der Waals surface area contributed by atoms with Crippen molar-refractivity contribution in [1.82, 2.24) is 19.8 Å². The first-order chi connectivity index (χ1) is 13.2. The van der Waals surface area contributed by atoms with Gasteiger partial charge in [0.25, 0.3) is 5.91 Å². The van der Waals surface area contributed by atoms with Gasteiger partial charge in [-0.2, -0.15) is 0 Å². The number of aromatic nitrogens is 2. The second-order valence-electron chi connectivity index (χ2n) is 8.64. The lowest BCUT2D eigenvalue weighted by atomic mass is 9.78. The third kappa shape index (κ3) is 4.36. The monoisotopic (exact) mass is 372 g/mol. The van der Waals surface area contributed by atoms with E-state index in [1.165, 1.54) is 25.7 Å². The summed E-state index contributed by atoms with van der Waals surface area (Å²) in [7, 11) is 0. The SMILES string of the molecule is O=C(CC1CCCC1)N1CCC(C2CCN(C(=O)c3ncc[nH]3)CC2)CC1. The molecule has 148 valence electrons. The van der Waals surface area contributed by atoms with Gasteiger partial charge in [0, 0.05) is 45.0 Å². The Labute approximate surface area is 161 Å². The molecule has 1 aromatic rings. The number of nitrogens with zero attached hydrogens (tertiary/aromatic N) is 3. The van der Waals surface area contributed by atoms with Crippen molar-refractivity contribution < 1.29 is 9.59 Å². The Morgan fingerprint density at radius 3 is 2.07 bits per heavy atom. The lowest BCUT2D eigenvalue weighted by Crippen LogP contribution is -2.44. The molecular weight excluding hydrogens is 340 g/mol. The third-order valence-corrected chi connectivity index (χ3v) is 7.02. The fourth-order valence-electron chi connectivity index (χ4n) is 5.32. The van der Waals surface area contributed by atoms with Gasteiger partial charge in [0.1, 0.15) is 0 Å². The normalized spacial score (nSPS) is 23.1. The molecule has 6 nitrogen and oxygen atoms in total. The summed E-state index contributed by atoms with van der Waals surface area (Å²) < 4.78 is 0. The van der Waals surface area contributed by atoms with E-state index in [-0.39, 0.29) is 5.91 Å². The van der Waals surface area contributed by atoms with Crippen LogP contribution in [0.15, 0.2) is 12.4 Å². The highest BCUT2D eigenvalue weighted by atomic mass is 16.2. The topological polar surface area (TPSA) is 69.3 Å². The second kappa shape index (κ2) is 8.44. The average molecular weight is 373 g/mol. The second-order valence-corrected chi connectivity index (χ2v) is 8.64. The number of hydrogen-bond acceptors (Lipinski definition) is 3. The number of H-pyrrole nitrogens is 1. The number of likely N-dealkylation sites (tertiary alicyclic amines) is 2. The van der Waals surface area contributed by atoms with Gasteiger partial charge in [0.15, 0.2) is 5.82 Å². The van der Waals surface area contributed by atoms with E-state index in [2.05, 4.69) is 14.9 Å². The molecule has 0 spiro atoms. The van der Waals surface area contributed by atoms with E-state index in [9.17, 15) is 9.59 Å². The van der Waals surface area contributed by atoms with Crippen molar-refractivity contribution in [3.8, 4) is 0 Å². The molecule has 2 amide bonds. The van der Waals surface area contributed by atoms with Crippen LogP contribution in [0.1, 0.15) is 68.4 Å². The van der Waals surface area contributed by atoms with Gasteiger partial charge < -0.3 is 14.8 Å². The summed E-state index contributed by atoms with van der Waals surface area (Å²) in [5.74, 6) is 2.90. The molecule has 1 N–H and O–H groups in total. The van der Waals surface area contributed by atoms with Crippen molar-refractivity contribution >= 4 is 11.8 Å². The number of nitrogens with one attached hydrogen (secondary N) is 1. The number of carbonyl (C=O) groups excluding carboxylic acids is 2. The Balaban J connectivity index is 1.20. The van der Waals surface area contributed by atoms with Gasteiger partial charge >= 0.3 is 0 Å². The van der Waals surface area contributed by atoms with E-state index in [0.29, 0.717) is 29.5 Å². The number of carbonyl (C=O) groups is 2. The Bertz CT molecular complexity index is 623. The number of hydrogen-bond donors (Lipinski definition) is 1. The number of imidazole rings is 1. The molecule has 1 aliphatic carbocycles. The van der Waals surface area contributed by atoms with Crippen molar-refractivity contribution in [2.75, 3.05) is 26.2 Å². The fourth-order valence-corrected chi connectivity index (χ4v) is 5.32. The average Bonchev–Trinajstić information content (AvgIpc) is 3.42. The largest absolute Gasteiger partial charge is 0.343 e. The van der Waals surface area contributed by atoms with Gasteiger partial charge in [-0.25, -0.2) is 4.98 Å². The lowest BCUT2D eigenvalue weighted by molar-refractivity contribution is -0.133. The third-order valence-electron chi connectivity index (χ3n) is 7.02. The van der Waals surface area contributed by atoms with E-state index in [0.717, 1.165) is 58.3 Å². The minimum Gasteiger partial charge on any atom is -0.343 e. The molecule has 3 heterocycles. The number of piperidine rings is 2. The van der Waals surface area contributed by atoms with Gasteiger partial charge in [-0.1, -0.05) is 12.8 Å². The molecule has 0 bridgehead atoms. The molecule has 4 rings (SSSR count). The standard InChI is InChI=1S/C21H32N4O2/c26-19(15-16-3-1-2-4-16)24-11-5-17(6-12-24)18-7-13-25(14-8-18)21(27)20-22-9-10-23-20/h9-10,16-18H,1-8,11-15H2,(H,22,23). The van der Waals surface area contributed by atoms with E-state index in [1.54, 1.807) is 12.4 Å². The van der Waals surface area contributed by atoms with Crippen molar-refractivity contribution in [3.63, 3.8) is 0 Å². The Morgan fingerprint density at radius 2 is 1.52 bits per heavy atom. The highest BCUT2D eigenvalue weighted by Gasteiger charge is 2.33. The van der Waals surface area contributed by atoms with Gasteiger partial charge in [0.05, 0.1) is 0 Å². The summed E-state index contributed by atoms with van der Waals surface area (Å²) in [6.07, 6.45) is 13.6. The first kappa shape index (κ1) is 18.5. The molecule has 0 radical (unpaired) electrons. The zero-order valence-electron chi connectivity index (χ0n) is 16.2. The van der Waals surface area contributed by atoms with Crippen LogP contribution < -0.4 is 0 Å². The Kier molecular flexibility index (Phi) is 5.79. The van der Waals surface area contributed by atoms with Crippen LogP contribution in [0, 0.1) is 17.8 Å². The fraction of sp³-hybridized carbons (Fsp3) is 0.762. The van der Waals surface area contributed by atoms with Crippen LogP contribution in [0.3, 0.4) is 0 Å². The Hall–Kier alpha value is -1.85. The molecule has 27 heavy (non-hydrogen) atoms. The predicted molar refractivity (Wildman–Crippen MR) is 103 cm³/mol. The van der Waals surface area contributed by atoms with Crippen molar-refractivity contribution in [2.24, 2.45) is 17.8 Å². The van der Waals surface area contributed by atoms with Crippen molar-refractivity contribution in [1.29, 1.82) is 0 Å². The van der Waals surface area contributed by atoms with E-state index >= 15 is 0 Å². The summed E-state index contributed by atoms with van der Waals surface area (Å²) in [6, 6.07) is 0. The summed E-state index contributed by atoms with van der Waals surface area (Å²) in [5, 5.41) is 0. The number of rotatable bonds is 4. The zero-order chi connectivity index (χ0) is 18.6. The van der Waals surface area contributed by atoms with Gasteiger partial charge in [0.2, 0.25) is 5.91 Å². The van der Waals surface area contributed by atoms with Gasteiger partial charge in [-0.3, -0.25) is 9.59 Å². The number of aromatic amines is 1. The molecule has 6 heteroatoms. The molecular formula is C21H32N4O2. The molecule has 3 aliphatic rings. The smallest absolute Gasteiger partial charge is 0.289 e. The van der Waals surface area contributed by atoms with E-state index in [4.69, 9.17) is 0 Å². The quantitative estimate of drug-likeness (QED) is 0.883. The molecule has 0 unspecified atom stereocenters. The molecule has 1 saturated carbocycles.